The Kier molecular flexibility index (Phi) is 7.57. The third kappa shape index (κ3) is 5.58. The van der Waals surface area contributed by atoms with Crippen molar-refractivity contribution in [1.29, 1.82) is 0 Å². The predicted octanol–water partition coefficient (Wildman–Crippen LogP) is 1.84. The number of hydrogen-bond acceptors (Lipinski definition) is 4. The van der Waals surface area contributed by atoms with Crippen molar-refractivity contribution in [3.63, 3.8) is 0 Å². The molecule has 0 aliphatic carbocycles. The Labute approximate surface area is 110 Å². The second kappa shape index (κ2) is 9.03. The topological polar surface area (TPSA) is 60.2 Å². The number of nitrogens with zero attached hydrogens (tertiary/aromatic N) is 1. The van der Waals surface area contributed by atoms with Crippen molar-refractivity contribution in [2.24, 2.45) is 5.84 Å². The second-order valence-electron chi connectivity index (χ2n) is 4.48. The van der Waals surface area contributed by atoms with Crippen molar-refractivity contribution >= 4 is 0 Å². The van der Waals surface area contributed by atoms with Crippen molar-refractivity contribution in [2.45, 2.75) is 45.6 Å². The lowest BCUT2D eigenvalue weighted by Gasteiger charge is -2.15. The molecule has 1 aromatic heterocycles. The van der Waals surface area contributed by atoms with Gasteiger partial charge in [-0.1, -0.05) is 19.9 Å². The van der Waals surface area contributed by atoms with Crippen LogP contribution in [0.3, 0.4) is 0 Å². The first-order chi connectivity index (χ1) is 8.80. The number of ether oxygens (including phenoxy) is 1. The summed E-state index contributed by atoms with van der Waals surface area (Å²) >= 11 is 0. The molecule has 0 aliphatic heterocycles. The molecular weight excluding hydrogens is 226 g/mol. The summed E-state index contributed by atoms with van der Waals surface area (Å²) in [6.45, 7) is 5.81. The first-order valence-electron chi connectivity index (χ1n) is 6.77. The minimum Gasteiger partial charge on any atom is -0.381 e. The highest BCUT2D eigenvalue weighted by Gasteiger charge is 2.08. The van der Waals surface area contributed by atoms with Crippen LogP contribution in [-0.2, 0) is 17.6 Å². The lowest BCUT2D eigenvalue weighted by Crippen LogP contribution is -2.37. The zero-order valence-electron chi connectivity index (χ0n) is 11.5. The molecule has 0 fully saturated rings. The smallest absolute Gasteiger partial charge is 0.0481 e. The number of nitrogens with one attached hydrogen (secondary N) is 1. The van der Waals surface area contributed by atoms with Crippen LogP contribution in [0, 0.1) is 0 Å². The van der Waals surface area contributed by atoms with Crippen LogP contribution in [0.2, 0.25) is 0 Å². The van der Waals surface area contributed by atoms with Crippen molar-refractivity contribution in [2.75, 3.05) is 13.2 Å². The van der Waals surface area contributed by atoms with Gasteiger partial charge in [-0.2, -0.15) is 0 Å². The van der Waals surface area contributed by atoms with Gasteiger partial charge in [0, 0.05) is 37.6 Å². The number of hydrogen-bond donors (Lipinski definition) is 2. The van der Waals surface area contributed by atoms with Gasteiger partial charge in [0.1, 0.15) is 0 Å². The van der Waals surface area contributed by atoms with Crippen molar-refractivity contribution in [1.82, 2.24) is 10.4 Å². The van der Waals surface area contributed by atoms with Gasteiger partial charge in [0.15, 0.2) is 0 Å². The fourth-order valence-corrected chi connectivity index (χ4v) is 1.75. The zero-order chi connectivity index (χ0) is 13.2. The van der Waals surface area contributed by atoms with E-state index in [-0.39, 0.29) is 6.04 Å². The van der Waals surface area contributed by atoms with E-state index in [2.05, 4.69) is 36.4 Å². The molecule has 1 aromatic rings. The van der Waals surface area contributed by atoms with Gasteiger partial charge >= 0.3 is 0 Å². The van der Waals surface area contributed by atoms with E-state index in [9.17, 15) is 0 Å². The van der Waals surface area contributed by atoms with Gasteiger partial charge in [-0.25, -0.2) is 0 Å². The predicted molar refractivity (Wildman–Crippen MR) is 74.2 cm³/mol. The third-order valence-electron chi connectivity index (χ3n) is 2.94. The molecule has 102 valence electrons. The van der Waals surface area contributed by atoms with Crippen LogP contribution >= 0.6 is 0 Å². The van der Waals surface area contributed by atoms with Crippen molar-refractivity contribution < 1.29 is 4.74 Å². The van der Waals surface area contributed by atoms with Gasteiger partial charge in [0.05, 0.1) is 0 Å². The number of aryl methyl sites for hydroxylation is 1. The highest BCUT2D eigenvalue weighted by Crippen LogP contribution is 2.05. The van der Waals surface area contributed by atoms with Crippen LogP contribution in [-0.4, -0.2) is 24.2 Å². The number of hydrazine groups is 1. The summed E-state index contributed by atoms with van der Waals surface area (Å²) in [5.74, 6) is 5.56. The molecule has 4 heteroatoms. The monoisotopic (exact) mass is 251 g/mol. The van der Waals surface area contributed by atoms with Crippen LogP contribution in [0.15, 0.2) is 18.3 Å². The standard InChI is InChI=1S/C14H25N3O/c1-3-8-18-9-7-14(17-15)10-13-6-5-12(4-2)11-16-13/h5-6,11,14,17H,3-4,7-10,15H2,1-2H3. The van der Waals surface area contributed by atoms with Crippen LogP contribution in [0.25, 0.3) is 0 Å². The van der Waals surface area contributed by atoms with Gasteiger partial charge in [0.2, 0.25) is 0 Å². The number of pyridine rings is 1. The zero-order valence-corrected chi connectivity index (χ0v) is 11.5. The Morgan fingerprint density at radius 3 is 2.72 bits per heavy atom. The Balaban J connectivity index is 2.36. The SMILES string of the molecule is CCCOCCC(Cc1ccc(CC)cn1)NN. The Bertz CT molecular complexity index is 313. The lowest BCUT2D eigenvalue weighted by molar-refractivity contribution is 0.124. The molecule has 1 atom stereocenters. The minimum atomic E-state index is 0.224. The van der Waals surface area contributed by atoms with E-state index in [0.29, 0.717) is 0 Å². The maximum Gasteiger partial charge on any atom is 0.0481 e. The molecule has 4 nitrogen and oxygen atoms in total. The number of aromatic nitrogens is 1. The van der Waals surface area contributed by atoms with Gasteiger partial charge in [-0.05, 0) is 30.9 Å². The second-order valence-corrected chi connectivity index (χ2v) is 4.48. The first-order valence-corrected chi connectivity index (χ1v) is 6.77. The molecule has 18 heavy (non-hydrogen) atoms. The van der Waals surface area contributed by atoms with E-state index >= 15 is 0 Å². The summed E-state index contributed by atoms with van der Waals surface area (Å²) in [6, 6.07) is 4.43. The van der Waals surface area contributed by atoms with Crippen molar-refractivity contribution in [3.8, 4) is 0 Å². The van der Waals surface area contributed by atoms with Crippen LogP contribution in [0.4, 0.5) is 0 Å². The summed E-state index contributed by atoms with van der Waals surface area (Å²) in [5.41, 5.74) is 5.18. The Hall–Kier alpha value is -0.970. The van der Waals surface area contributed by atoms with Crippen molar-refractivity contribution in [3.05, 3.63) is 29.6 Å². The average molecular weight is 251 g/mol. The maximum atomic E-state index is 5.56. The van der Waals surface area contributed by atoms with E-state index in [1.807, 2.05) is 6.20 Å². The Morgan fingerprint density at radius 2 is 2.17 bits per heavy atom. The molecular formula is C14H25N3O. The van der Waals surface area contributed by atoms with E-state index in [0.717, 1.165) is 44.6 Å². The van der Waals surface area contributed by atoms with Gasteiger partial charge in [0.25, 0.3) is 0 Å². The van der Waals surface area contributed by atoms with E-state index in [1.54, 1.807) is 0 Å². The summed E-state index contributed by atoms with van der Waals surface area (Å²) in [6.07, 6.45) is 5.78. The highest BCUT2D eigenvalue weighted by atomic mass is 16.5. The fraction of sp³-hybridized carbons (Fsp3) is 0.643. The molecule has 1 heterocycles. The molecule has 1 unspecified atom stereocenters. The normalized spacial score (nSPS) is 12.6. The molecule has 0 bridgehead atoms. The molecule has 0 radical (unpaired) electrons. The van der Waals surface area contributed by atoms with Crippen LogP contribution < -0.4 is 11.3 Å². The quantitative estimate of drug-likeness (QED) is 0.399. The summed E-state index contributed by atoms with van der Waals surface area (Å²) in [7, 11) is 0. The summed E-state index contributed by atoms with van der Waals surface area (Å²) in [5, 5.41) is 0. The minimum absolute atomic E-state index is 0.224. The summed E-state index contributed by atoms with van der Waals surface area (Å²) < 4.78 is 5.47. The highest BCUT2D eigenvalue weighted by molar-refractivity contribution is 5.14. The van der Waals surface area contributed by atoms with E-state index < -0.39 is 0 Å². The van der Waals surface area contributed by atoms with E-state index in [4.69, 9.17) is 10.6 Å². The third-order valence-corrected chi connectivity index (χ3v) is 2.94. The molecule has 0 spiro atoms. The molecule has 3 N–H and O–H groups in total. The van der Waals surface area contributed by atoms with Crippen LogP contribution in [0.5, 0.6) is 0 Å². The molecule has 0 aromatic carbocycles. The van der Waals surface area contributed by atoms with Gasteiger partial charge in [-0.3, -0.25) is 16.3 Å². The van der Waals surface area contributed by atoms with Crippen LogP contribution in [0.1, 0.15) is 37.9 Å². The average Bonchev–Trinajstić information content (AvgIpc) is 2.43. The molecule has 0 saturated heterocycles. The van der Waals surface area contributed by atoms with E-state index in [1.165, 1.54) is 5.56 Å². The molecule has 0 saturated carbocycles. The molecule has 0 aliphatic rings. The van der Waals surface area contributed by atoms with Gasteiger partial charge in [-0.15, -0.1) is 0 Å². The lowest BCUT2D eigenvalue weighted by atomic mass is 10.1. The first kappa shape index (κ1) is 15.1. The number of nitrogens with two attached hydrogens (primary N) is 1. The Morgan fingerprint density at radius 1 is 1.33 bits per heavy atom. The fourth-order valence-electron chi connectivity index (χ4n) is 1.75. The maximum absolute atomic E-state index is 5.56. The largest absolute Gasteiger partial charge is 0.381 e. The molecule has 0 amide bonds. The van der Waals surface area contributed by atoms with Gasteiger partial charge < -0.3 is 4.74 Å². The number of rotatable bonds is 9. The summed E-state index contributed by atoms with van der Waals surface area (Å²) in [4.78, 5) is 4.45. The molecule has 1 rings (SSSR count).